The van der Waals surface area contributed by atoms with Crippen LogP contribution >= 0.6 is 11.8 Å². The molecule has 3 aromatic heterocycles. The van der Waals surface area contributed by atoms with Gasteiger partial charge in [0.05, 0.1) is 64.5 Å². The van der Waals surface area contributed by atoms with Gasteiger partial charge in [0.25, 0.3) is 10.1 Å². The maximum Gasteiger partial charge on any atom is 0.264 e. The number of aryl methyl sites for hydroxylation is 1. The number of allylic oxidation sites excluding steroid dienone is 2. The normalized spacial score (nSPS) is 23.6. The van der Waals surface area contributed by atoms with E-state index in [0.29, 0.717) is 37.4 Å². The van der Waals surface area contributed by atoms with Crippen molar-refractivity contribution in [3.63, 3.8) is 0 Å². The van der Waals surface area contributed by atoms with E-state index in [2.05, 4.69) is 21.4 Å². The fourth-order valence-electron chi connectivity index (χ4n) is 9.14. The minimum Gasteiger partial charge on any atom is -0.299 e. The Kier molecular flexibility index (Phi) is 10.5. The third-order valence-corrected chi connectivity index (χ3v) is 13.9. The second-order valence-corrected chi connectivity index (χ2v) is 18.8. The Morgan fingerprint density at radius 1 is 0.759 bits per heavy atom. The average Bonchev–Trinajstić information content (AvgIpc) is 3.90. The Hall–Kier alpha value is -4.99. The highest BCUT2D eigenvalue weighted by atomic mass is 32.2. The number of ketones is 2. The molecule has 3 heterocycles. The van der Waals surface area contributed by atoms with E-state index in [0.717, 1.165) is 69.9 Å². The Labute approximate surface area is 340 Å². The number of aromatic nitrogens is 6. The van der Waals surface area contributed by atoms with Gasteiger partial charge in [-0.1, -0.05) is 11.1 Å². The molecule has 0 aliphatic heterocycles. The van der Waals surface area contributed by atoms with Crippen LogP contribution in [-0.2, 0) is 43.8 Å². The molecular formula is C43H44F2N6O5S2. The molecule has 0 unspecified atom stereocenters. The number of hydrogen-bond acceptors (Lipinski definition) is 9. The van der Waals surface area contributed by atoms with Gasteiger partial charge in [-0.2, -0.15) is 23.7 Å². The zero-order valence-corrected chi connectivity index (χ0v) is 34.3. The van der Waals surface area contributed by atoms with Crippen molar-refractivity contribution in [3.8, 4) is 11.4 Å². The van der Waals surface area contributed by atoms with Gasteiger partial charge >= 0.3 is 0 Å². The summed E-state index contributed by atoms with van der Waals surface area (Å²) in [5.41, 5.74) is 6.38. The summed E-state index contributed by atoms with van der Waals surface area (Å²) in [4.78, 5) is 26.8. The first-order valence-electron chi connectivity index (χ1n) is 19.3. The molecule has 2 aromatic carbocycles. The summed E-state index contributed by atoms with van der Waals surface area (Å²) < 4.78 is 60.3. The van der Waals surface area contributed by atoms with E-state index in [1.54, 1.807) is 49.0 Å². The van der Waals surface area contributed by atoms with Crippen LogP contribution in [0, 0.1) is 22.5 Å². The van der Waals surface area contributed by atoms with E-state index in [1.807, 2.05) is 52.8 Å². The summed E-state index contributed by atoms with van der Waals surface area (Å²) in [6.45, 7) is 3.27. The topological polar surface area (TPSA) is 131 Å². The number of benzene rings is 2. The highest BCUT2D eigenvalue weighted by Crippen LogP contribution is 2.52. The lowest BCUT2D eigenvalue weighted by atomic mass is 9.62. The molecule has 0 radical (unpaired) electrons. The number of fused-ring (bicyclic) bond motifs is 4. The first-order chi connectivity index (χ1) is 27.6. The fourth-order valence-corrected chi connectivity index (χ4v) is 11.1. The van der Waals surface area contributed by atoms with Crippen molar-refractivity contribution in [2.24, 2.45) is 17.9 Å². The minimum atomic E-state index is -3.59. The molecule has 4 atom stereocenters. The molecule has 11 nitrogen and oxygen atoms in total. The number of carbonyl (C=O) groups is 2. The number of hydrogen-bond donors (Lipinski definition) is 0. The zero-order valence-electron chi connectivity index (χ0n) is 32.7. The van der Waals surface area contributed by atoms with E-state index in [-0.39, 0.29) is 23.2 Å². The standard InChI is InChI=1S/C23H23FN4OS.C20H21FN2O4S/c1-15(29)23-10-16-12-26-28(19-6-4-18(24)5-7-19)22(16)9-17(23)3-8-20(11-23)30-21-13-25-27(2)14-21;1-13(24)20-10-14-12-22-23(17-6-4-16(21)5-7-17)19(14)9-15(20)3-8-18(11-20)27-28(2,25)26/h4-7,9,12-14,20H,3,8,10-11H2,1-2H3;4-7,9,12,18H,3,8,10-11H2,1-2H3/t20-,23+;18-,20-/m01/s1. The van der Waals surface area contributed by atoms with E-state index in [4.69, 9.17) is 4.18 Å². The molecule has 0 bridgehead atoms. The van der Waals surface area contributed by atoms with Crippen LogP contribution in [0.2, 0.25) is 0 Å². The molecule has 9 rings (SSSR count). The van der Waals surface area contributed by atoms with Crippen LogP contribution in [0.25, 0.3) is 23.5 Å². The summed E-state index contributed by atoms with van der Waals surface area (Å²) in [7, 11) is -1.67. The van der Waals surface area contributed by atoms with Gasteiger partial charge in [-0.05, 0) is 137 Å². The second kappa shape index (κ2) is 15.3. The predicted molar refractivity (Wildman–Crippen MR) is 217 cm³/mol. The lowest BCUT2D eigenvalue weighted by Crippen LogP contribution is -2.43. The second-order valence-electron chi connectivity index (χ2n) is 15.9. The smallest absolute Gasteiger partial charge is 0.264 e. The minimum absolute atomic E-state index is 0.000679. The SMILES string of the molecule is CC(=O)[C@]12Cc3cnn(-c4ccc(F)cc4)c3C=C1CC[C@@H](OS(C)(=O)=O)C2.CC(=O)[C@]12Cc3cnn(-c4ccc(F)cc4)c3C=C1CC[C@H](Sc1cnn(C)c1)C2. The third kappa shape index (κ3) is 7.67. The quantitative estimate of drug-likeness (QED) is 0.145. The Morgan fingerprint density at radius 2 is 1.26 bits per heavy atom. The number of nitrogens with zero attached hydrogens (tertiary/aromatic N) is 6. The molecule has 4 aliphatic rings. The molecule has 4 aliphatic carbocycles. The number of rotatable bonds is 8. The van der Waals surface area contributed by atoms with Crippen molar-refractivity contribution in [1.82, 2.24) is 29.3 Å². The highest BCUT2D eigenvalue weighted by molar-refractivity contribution is 8.00. The largest absolute Gasteiger partial charge is 0.299 e. The average molecular weight is 827 g/mol. The van der Waals surface area contributed by atoms with Crippen molar-refractivity contribution >= 4 is 45.6 Å². The van der Waals surface area contributed by atoms with E-state index in [9.17, 15) is 26.8 Å². The maximum absolute atomic E-state index is 13.3. The van der Waals surface area contributed by atoms with Crippen LogP contribution in [0.4, 0.5) is 8.78 Å². The van der Waals surface area contributed by atoms with Crippen molar-refractivity contribution < 1.29 is 31.0 Å². The lowest BCUT2D eigenvalue weighted by Gasteiger charge is -2.43. The number of Topliss-reactive ketones (excluding diaryl/α,β-unsaturated/α-hetero) is 2. The number of carbonyl (C=O) groups excluding carboxylic acids is 2. The molecule has 0 N–H and O–H groups in total. The number of thioether (sulfide) groups is 1. The van der Waals surface area contributed by atoms with Crippen molar-refractivity contribution in [2.75, 3.05) is 6.26 Å². The zero-order chi connectivity index (χ0) is 41.0. The van der Waals surface area contributed by atoms with Gasteiger partial charge < -0.3 is 0 Å². The molecular weight excluding hydrogens is 783 g/mol. The van der Waals surface area contributed by atoms with Gasteiger partial charge in [-0.25, -0.2) is 18.1 Å². The van der Waals surface area contributed by atoms with Crippen molar-refractivity contribution in [1.29, 1.82) is 0 Å². The Morgan fingerprint density at radius 3 is 1.72 bits per heavy atom. The number of halogens is 2. The first kappa shape index (κ1) is 39.8. The van der Waals surface area contributed by atoms with Crippen LogP contribution in [0.5, 0.6) is 0 Å². The van der Waals surface area contributed by atoms with Gasteiger partial charge in [0.15, 0.2) is 0 Å². The molecule has 5 aromatic rings. The van der Waals surface area contributed by atoms with Crippen LogP contribution in [0.1, 0.15) is 74.9 Å². The van der Waals surface area contributed by atoms with E-state index < -0.39 is 27.1 Å². The lowest BCUT2D eigenvalue weighted by molar-refractivity contribution is -0.127. The van der Waals surface area contributed by atoms with Crippen LogP contribution < -0.4 is 0 Å². The third-order valence-electron chi connectivity index (χ3n) is 12.0. The maximum atomic E-state index is 13.3. The van der Waals surface area contributed by atoms with E-state index >= 15 is 0 Å². The summed E-state index contributed by atoms with van der Waals surface area (Å²) in [5, 5.41) is 13.6. The van der Waals surface area contributed by atoms with Crippen molar-refractivity contribution in [2.45, 2.75) is 81.5 Å². The molecule has 302 valence electrons. The van der Waals surface area contributed by atoms with Gasteiger partial charge in [-0.15, -0.1) is 11.8 Å². The van der Waals surface area contributed by atoms with Crippen LogP contribution in [0.3, 0.4) is 0 Å². The summed E-state index contributed by atoms with van der Waals surface area (Å²) in [6, 6.07) is 12.4. The Balaban J connectivity index is 0.000000162. The Bertz CT molecular complexity index is 2580. The summed E-state index contributed by atoms with van der Waals surface area (Å²) in [5.74, 6) is -0.354. The molecule has 2 saturated carbocycles. The summed E-state index contributed by atoms with van der Waals surface area (Å²) >= 11 is 1.82. The van der Waals surface area contributed by atoms with Gasteiger partial charge in [-0.3, -0.25) is 18.5 Å². The fraction of sp³-hybridized carbons (Fsp3) is 0.372. The van der Waals surface area contributed by atoms with Crippen LogP contribution in [-0.4, -0.2) is 66.9 Å². The van der Waals surface area contributed by atoms with E-state index in [1.165, 1.54) is 29.8 Å². The predicted octanol–water partition coefficient (Wildman–Crippen LogP) is 7.66. The molecule has 0 amide bonds. The first-order valence-corrected chi connectivity index (χ1v) is 22.0. The monoisotopic (exact) mass is 826 g/mol. The molecule has 2 fully saturated rings. The molecule has 58 heavy (non-hydrogen) atoms. The van der Waals surface area contributed by atoms with Gasteiger partial charge in [0, 0.05) is 23.4 Å². The van der Waals surface area contributed by atoms with Crippen molar-refractivity contribution in [3.05, 3.63) is 119 Å². The molecule has 0 saturated heterocycles. The van der Waals surface area contributed by atoms with Crippen LogP contribution in [0.15, 0.2) is 89.4 Å². The van der Waals surface area contributed by atoms with Gasteiger partial charge in [0.2, 0.25) is 0 Å². The summed E-state index contributed by atoms with van der Waals surface area (Å²) in [6.07, 6.45) is 17.5. The highest BCUT2D eigenvalue weighted by Gasteiger charge is 2.49. The molecule has 15 heteroatoms. The molecule has 0 spiro atoms. The van der Waals surface area contributed by atoms with Gasteiger partial charge in [0.1, 0.15) is 23.2 Å².